The summed E-state index contributed by atoms with van der Waals surface area (Å²) in [5, 5.41) is 12.3. The zero-order chi connectivity index (χ0) is 14.5. The molecule has 0 aromatic carbocycles. The highest BCUT2D eigenvalue weighted by atomic mass is 15.1. The molecule has 2 fully saturated rings. The number of nitrogens with one attached hydrogen (secondary N) is 1. The molecule has 1 aliphatic carbocycles. The highest BCUT2D eigenvalue weighted by Crippen LogP contribution is 2.26. The zero-order valence-corrected chi connectivity index (χ0v) is 12.6. The number of hydrogen-bond acceptors (Lipinski definition) is 4. The van der Waals surface area contributed by atoms with Crippen LogP contribution < -0.4 is 5.32 Å². The van der Waals surface area contributed by atoms with Crippen LogP contribution in [0.2, 0.25) is 0 Å². The van der Waals surface area contributed by atoms with E-state index in [0.29, 0.717) is 11.6 Å². The van der Waals surface area contributed by atoms with Crippen LogP contribution >= 0.6 is 0 Å². The van der Waals surface area contributed by atoms with Gasteiger partial charge in [0.05, 0.1) is 5.56 Å². The van der Waals surface area contributed by atoms with Crippen molar-refractivity contribution in [3.05, 3.63) is 23.9 Å². The molecule has 1 saturated heterocycles. The number of likely N-dealkylation sites (tertiary alicyclic amines) is 1. The largest absolute Gasteiger partial charge is 0.367 e. The van der Waals surface area contributed by atoms with E-state index in [1.165, 1.54) is 58.2 Å². The minimum absolute atomic E-state index is 0.519. The van der Waals surface area contributed by atoms with Gasteiger partial charge in [0.1, 0.15) is 11.9 Å². The molecule has 1 aliphatic heterocycles. The van der Waals surface area contributed by atoms with Gasteiger partial charge < -0.3 is 10.2 Å². The molecule has 1 saturated carbocycles. The Morgan fingerprint density at radius 1 is 1.19 bits per heavy atom. The third-order valence-corrected chi connectivity index (χ3v) is 4.82. The fraction of sp³-hybridized carbons (Fsp3) is 0.647. The second-order valence-corrected chi connectivity index (χ2v) is 6.41. The van der Waals surface area contributed by atoms with E-state index < -0.39 is 0 Å². The molecule has 0 unspecified atom stereocenters. The van der Waals surface area contributed by atoms with E-state index in [2.05, 4.69) is 21.3 Å². The van der Waals surface area contributed by atoms with Gasteiger partial charge >= 0.3 is 0 Å². The third-order valence-electron chi connectivity index (χ3n) is 4.82. The molecule has 0 amide bonds. The van der Waals surface area contributed by atoms with Gasteiger partial charge in [-0.15, -0.1) is 0 Å². The van der Waals surface area contributed by atoms with Crippen LogP contribution in [0.5, 0.6) is 0 Å². The van der Waals surface area contributed by atoms with Crippen LogP contribution in [0.15, 0.2) is 18.3 Å². The molecule has 0 bridgehead atoms. The number of rotatable bonds is 4. The van der Waals surface area contributed by atoms with E-state index in [0.717, 1.165) is 11.7 Å². The summed E-state index contributed by atoms with van der Waals surface area (Å²) in [6.45, 7) is 3.71. The fourth-order valence-electron chi connectivity index (χ4n) is 3.57. The first-order chi connectivity index (χ1) is 10.3. The Labute approximate surface area is 127 Å². The van der Waals surface area contributed by atoms with Gasteiger partial charge in [-0.3, -0.25) is 0 Å². The van der Waals surface area contributed by atoms with Gasteiger partial charge in [0.15, 0.2) is 0 Å². The molecule has 0 radical (unpaired) electrons. The van der Waals surface area contributed by atoms with Crippen LogP contribution in [0.25, 0.3) is 0 Å². The first-order valence-corrected chi connectivity index (χ1v) is 8.18. The minimum atomic E-state index is 0.519. The smallest absolute Gasteiger partial charge is 0.126 e. The monoisotopic (exact) mass is 284 g/mol. The zero-order valence-electron chi connectivity index (χ0n) is 12.6. The third kappa shape index (κ3) is 3.95. The molecule has 2 aliphatic rings. The number of aromatic nitrogens is 1. The topological polar surface area (TPSA) is 52.0 Å². The summed E-state index contributed by atoms with van der Waals surface area (Å²) in [5.74, 6) is 1.85. The molecule has 1 N–H and O–H groups in total. The maximum absolute atomic E-state index is 8.78. The van der Waals surface area contributed by atoms with Gasteiger partial charge in [-0.25, -0.2) is 4.98 Å². The Morgan fingerprint density at radius 3 is 2.57 bits per heavy atom. The highest BCUT2D eigenvalue weighted by Gasteiger charge is 2.23. The van der Waals surface area contributed by atoms with Crippen molar-refractivity contribution in [1.29, 1.82) is 5.26 Å². The van der Waals surface area contributed by atoms with Crippen molar-refractivity contribution >= 4 is 5.82 Å². The Morgan fingerprint density at radius 2 is 1.95 bits per heavy atom. The summed E-state index contributed by atoms with van der Waals surface area (Å²) in [6.07, 6.45) is 9.77. The molecule has 4 heteroatoms. The average Bonchev–Trinajstić information content (AvgIpc) is 3.03. The van der Waals surface area contributed by atoms with Crippen LogP contribution in [0.1, 0.15) is 44.1 Å². The van der Waals surface area contributed by atoms with Crippen molar-refractivity contribution in [1.82, 2.24) is 9.88 Å². The van der Waals surface area contributed by atoms with Crippen LogP contribution in [0.3, 0.4) is 0 Å². The molecule has 0 atom stereocenters. The summed E-state index contributed by atoms with van der Waals surface area (Å²) in [5.41, 5.74) is 0.618. The maximum atomic E-state index is 8.78. The molecule has 3 rings (SSSR count). The first-order valence-electron chi connectivity index (χ1n) is 8.18. The minimum Gasteiger partial charge on any atom is -0.367 e. The lowest BCUT2D eigenvalue weighted by Gasteiger charge is -2.34. The lowest BCUT2D eigenvalue weighted by molar-refractivity contribution is 0.189. The number of pyridine rings is 1. The van der Waals surface area contributed by atoms with Crippen LogP contribution in [-0.2, 0) is 0 Å². The molecule has 0 spiro atoms. The number of nitrogens with zero attached hydrogens (tertiary/aromatic N) is 3. The molecule has 2 heterocycles. The number of anilines is 1. The van der Waals surface area contributed by atoms with Crippen molar-refractivity contribution in [3.8, 4) is 6.07 Å². The SMILES string of the molecule is N#Cc1ccc(NC2CCN(CC3CCCC3)CC2)nc1. The standard InChI is InChI=1S/C17H24N4/c18-11-15-5-6-17(19-12-15)20-16-7-9-21(10-8-16)13-14-3-1-2-4-14/h5-6,12,14,16H,1-4,7-10,13H2,(H,19,20). The molecule has 1 aromatic heterocycles. The Kier molecular flexibility index (Phi) is 4.72. The number of piperidine rings is 1. The quantitative estimate of drug-likeness (QED) is 0.923. The Bertz CT molecular complexity index is 477. The van der Waals surface area contributed by atoms with Crippen molar-refractivity contribution < 1.29 is 0 Å². The van der Waals surface area contributed by atoms with Crippen molar-refractivity contribution in [2.75, 3.05) is 25.0 Å². The van der Waals surface area contributed by atoms with Gasteiger partial charge in [-0.05, 0) is 43.7 Å². The molecule has 4 nitrogen and oxygen atoms in total. The lowest BCUT2D eigenvalue weighted by Crippen LogP contribution is -2.41. The van der Waals surface area contributed by atoms with Crippen LogP contribution in [0, 0.1) is 17.2 Å². The molecule has 21 heavy (non-hydrogen) atoms. The normalized spacial score (nSPS) is 21.3. The molecule has 112 valence electrons. The molecule has 1 aromatic rings. The maximum Gasteiger partial charge on any atom is 0.126 e. The average molecular weight is 284 g/mol. The summed E-state index contributed by atoms with van der Waals surface area (Å²) < 4.78 is 0. The first kappa shape index (κ1) is 14.3. The second-order valence-electron chi connectivity index (χ2n) is 6.41. The summed E-state index contributed by atoms with van der Waals surface area (Å²) in [6, 6.07) is 6.35. The van der Waals surface area contributed by atoms with Gasteiger partial charge in [0.25, 0.3) is 0 Å². The fourth-order valence-corrected chi connectivity index (χ4v) is 3.57. The van der Waals surface area contributed by atoms with E-state index in [9.17, 15) is 0 Å². The summed E-state index contributed by atoms with van der Waals surface area (Å²) >= 11 is 0. The van der Waals surface area contributed by atoms with E-state index in [1.54, 1.807) is 6.20 Å². The van der Waals surface area contributed by atoms with Gasteiger partial charge in [0.2, 0.25) is 0 Å². The Hall–Kier alpha value is -1.60. The van der Waals surface area contributed by atoms with Crippen molar-refractivity contribution in [2.24, 2.45) is 5.92 Å². The Balaban J connectivity index is 1.43. The van der Waals surface area contributed by atoms with Crippen LogP contribution in [-0.4, -0.2) is 35.6 Å². The second kappa shape index (κ2) is 6.91. The van der Waals surface area contributed by atoms with Gasteiger partial charge in [0, 0.05) is 31.9 Å². The van der Waals surface area contributed by atoms with E-state index >= 15 is 0 Å². The molecular weight excluding hydrogens is 260 g/mol. The van der Waals surface area contributed by atoms with Crippen LogP contribution in [0.4, 0.5) is 5.82 Å². The van der Waals surface area contributed by atoms with Gasteiger partial charge in [-0.2, -0.15) is 5.26 Å². The highest BCUT2D eigenvalue weighted by molar-refractivity contribution is 5.39. The van der Waals surface area contributed by atoms with E-state index in [-0.39, 0.29) is 0 Å². The molecular formula is C17H24N4. The number of hydrogen-bond donors (Lipinski definition) is 1. The van der Waals surface area contributed by atoms with E-state index in [4.69, 9.17) is 5.26 Å². The number of nitriles is 1. The van der Waals surface area contributed by atoms with Gasteiger partial charge in [-0.1, -0.05) is 12.8 Å². The summed E-state index contributed by atoms with van der Waals surface area (Å²) in [4.78, 5) is 6.94. The van der Waals surface area contributed by atoms with Crippen molar-refractivity contribution in [2.45, 2.75) is 44.6 Å². The predicted molar refractivity (Wildman–Crippen MR) is 84.0 cm³/mol. The van der Waals surface area contributed by atoms with E-state index in [1.807, 2.05) is 12.1 Å². The predicted octanol–water partition coefficient (Wildman–Crippen LogP) is 3.02. The lowest BCUT2D eigenvalue weighted by atomic mass is 10.0. The van der Waals surface area contributed by atoms with Crippen molar-refractivity contribution in [3.63, 3.8) is 0 Å². The summed E-state index contributed by atoms with van der Waals surface area (Å²) in [7, 11) is 0.